The Balaban J connectivity index is 2.29. The molecular formula is C11H10ClNO2. The van der Waals surface area contributed by atoms with E-state index in [1.54, 1.807) is 24.3 Å². The fraction of sp³-hybridized carbons (Fsp3) is 0.182. The second kappa shape index (κ2) is 3.95. The summed E-state index contributed by atoms with van der Waals surface area (Å²) in [6, 6.07) is 4.82. The number of nitrogens with two attached hydrogens (primary N) is 1. The molecule has 1 aliphatic heterocycles. The quantitative estimate of drug-likeness (QED) is 0.619. The topological polar surface area (TPSA) is 52.3 Å². The molecule has 0 amide bonds. The first-order chi connectivity index (χ1) is 7.18. The van der Waals surface area contributed by atoms with Gasteiger partial charge in [0.25, 0.3) is 0 Å². The lowest BCUT2D eigenvalue weighted by atomic mass is 10.1. The normalized spacial score (nSPS) is 14.6. The maximum absolute atomic E-state index is 11.8. The standard InChI is InChI=1S/C11H10ClNO2/c12-8-6-7(3-4-9(8)13)11(14)10-2-1-5-15-10/h2-4,6H,1,5,13H2. The number of halogens is 1. The number of anilines is 1. The molecule has 0 aliphatic carbocycles. The van der Waals surface area contributed by atoms with Crippen molar-refractivity contribution in [1.82, 2.24) is 0 Å². The first-order valence-electron chi connectivity index (χ1n) is 4.61. The molecule has 0 saturated heterocycles. The number of hydrogen-bond acceptors (Lipinski definition) is 3. The van der Waals surface area contributed by atoms with Crippen LogP contribution in [0.25, 0.3) is 0 Å². The van der Waals surface area contributed by atoms with E-state index in [0.717, 1.165) is 6.42 Å². The highest BCUT2D eigenvalue weighted by Crippen LogP contribution is 2.22. The molecule has 0 atom stereocenters. The van der Waals surface area contributed by atoms with Crippen molar-refractivity contribution in [3.05, 3.63) is 40.6 Å². The lowest BCUT2D eigenvalue weighted by Crippen LogP contribution is -2.04. The van der Waals surface area contributed by atoms with Crippen LogP contribution < -0.4 is 5.73 Å². The summed E-state index contributed by atoms with van der Waals surface area (Å²) in [5, 5.41) is 0.388. The molecule has 1 aromatic carbocycles. The number of benzene rings is 1. The van der Waals surface area contributed by atoms with Gasteiger partial charge in [-0.1, -0.05) is 11.6 Å². The number of rotatable bonds is 2. The van der Waals surface area contributed by atoms with E-state index in [-0.39, 0.29) is 5.78 Å². The zero-order chi connectivity index (χ0) is 10.8. The zero-order valence-corrected chi connectivity index (χ0v) is 8.75. The van der Waals surface area contributed by atoms with Crippen LogP contribution in [0.5, 0.6) is 0 Å². The van der Waals surface area contributed by atoms with Crippen molar-refractivity contribution in [3.63, 3.8) is 0 Å². The number of hydrogen-bond donors (Lipinski definition) is 1. The molecule has 15 heavy (non-hydrogen) atoms. The van der Waals surface area contributed by atoms with Gasteiger partial charge >= 0.3 is 0 Å². The lowest BCUT2D eigenvalue weighted by Gasteiger charge is -2.04. The van der Waals surface area contributed by atoms with Gasteiger partial charge in [0.2, 0.25) is 5.78 Å². The maximum atomic E-state index is 11.8. The summed E-state index contributed by atoms with van der Waals surface area (Å²) in [5.74, 6) is 0.255. The summed E-state index contributed by atoms with van der Waals surface area (Å²) in [6.45, 7) is 0.573. The highest BCUT2D eigenvalue weighted by Gasteiger charge is 2.17. The lowest BCUT2D eigenvalue weighted by molar-refractivity contribution is 0.0942. The molecule has 0 spiro atoms. The predicted molar refractivity (Wildman–Crippen MR) is 58.8 cm³/mol. The van der Waals surface area contributed by atoms with Crippen molar-refractivity contribution in [2.24, 2.45) is 0 Å². The van der Waals surface area contributed by atoms with Crippen LogP contribution in [0.1, 0.15) is 16.8 Å². The average Bonchev–Trinajstić information content (AvgIpc) is 2.74. The van der Waals surface area contributed by atoms with Gasteiger partial charge in [-0.05, 0) is 24.3 Å². The molecule has 4 heteroatoms. The molecule has 0 radical (unpaired) electrons. The molecule has 0 aromatic heterocycles. The van der Waals surface area contributed by atoms with Crippen LogP contribution in [0.4, 0.5) is 5.69 Å². The predicted octanol–water partition coefficient (Wildman–Crippen LogP) is 2.41. The first-order valence-corrected chi connectivity index (χ1v) is 4.99. The summed E-state index contributed by atoms with van der Waals surface area (Å²) < 4.78 is 5.18. The summed E-state index contributed by atoms with van der Waals surface area (Å²) in [6.07, 6.45) is 2.57. The Labute approximate surface area is 92.5 Å². The molecule has 1 aromatic rings. The third kappa shape index (κ3) is 1.97. The molecule has 1 heterocycles. The van der Waals surface area contributed by atoms with Crippen LogP contribution in [0.3, 0.4) is 0 Å². The van der Waals surface area contributed by atoms with Gasteiger partial charge in [0, 0.05) is 12.0 Å². The number of carbonyl (C=O) groups is 1. The SMILES string of the molecule is Nc1ccc(C(=O)C2=CCCO2)cc1Cl. The van der Waals surface area contributed by atoms with E-state index in [4.69, 9.17) is 22.1 Å². The number of ketones is 1. The molecule has 0 saturated carbocycles. The molecule has 78 valence electrons. The van der Waals surface area contributed by atoms with Crippen LogP contribution in [0.2, 0.25) is 5.02 Å². The summed E-state index contributed by atoms with van der Waals surface area (Å²) >= 11 is 5.83. The van der Waals surface area contributed by atoms with Gasteiger partial charge in [-0.25, -0.2) is 0 Å². The van der Waals surface area contributed by atoms with E-state index in [1.165, 1.54) is 0 Å². The minimum absolute atomic E-state index is 0.144. The number of allylic oxidation sites excluding steroid dienone is 1. The van der Waals surface area contributed by atoms with Gasteiger partial charge in [-0.3, -0.25) is 4.79 Å². The van der Waals surface area contributed by atoms with Crippen LogP contribution >= 0.6 is 11.6 Å². The molecule has 0 unspecified atom stereocenters. The van der Waals surface area contributed by atoms with Gasteiger partial charge in [0.15, 0.2) is 5.76 Å². The second-order valence-corrected chi connectivity index (χ2v) is 3.68. The molecule has 0 bridgehead atoms. The maximum Gasteiger partial charge on any atom is 0.227 e. The van der Waals surface area contributed by atoms with E-state index in [2.05, 4.69) is 0 Å². The number of carbonyl (C=O) groups excluding carboxylic acids is 1. The Morgan fingerprint density at radius 3 is 2.87 bits per heavy atom. The Kier molecular flexibility index (Phi) is 2.64. The van der Waals surface area contributed by atoms with Crippen molar-refractivity contribution in [1.29, 1.82) is 0 Å². The Bertz CT molecular complexity index is 440. The summed E-state index contributed by atoms with van der Waals surface area (Å²) in [7, 11) is 0. The van der Waals surface area contributed by atoms with Crippen molar-refractivity contribution >= 4 is 23.1 Å². The van der Waals surface area contributed by atoms with Crippen molar-refractivity contribution in [2.45, 2.75) is 6.42 Å². The van der Waals surface area contributed by atoms with Gasteiger partial charge in [0.1, 0.15) is 0 Å². The Morgan fingerprint density at radius 2 is 2.27 bits per heavy atom. The molecule has 2 N–H and O–H groups in total. The first kappa shape index (κ1) is 10.1. The van der Waals surface area contributed by atoms with Crippen LogP contribution in [0.15, 0.2) is 30.0 Å². The molecule has 3 nitrogen and oxygen atoms in total. The number of Topliss-reactive ketones (excluding diaryl/α,β-unsaturated/α-hetero) is 1. The minimum Gasteiger partial charge on any atom is -0.489 e. The zero-order valence-electron chi connectivity index (χ0n) is 8.00. The van der Waals surface area contributed by atoms with Crippen LogP contribution in [-0.4, -0.2) is 12.4 Å². The second-order valence-electron chi connectivity index (χ2n) is 3.27. The molecule has 2 rings (SSSR count). The monoisotopic (exact) mass is 223 g/mol. The van der Waals surface area contributed by atoms with E-state index in [1.807, 2.05) is 0 Å². The van der Waals surface area contributed by atoms with Gasteiger partial charge in [-0.15, -0.1) is 0 Å². The third-order valence-electron chi connectivity index (χ3n) is 2.19. The minimum atomic E-state index is -0.144. The van der Waals surface area contributed by atoms with E-state index in [9.17, 15) is 4.79 Å². The molecular weight excluding hydrogens is 214 g/mol. The van der Waals surface area contributed by atoms with E-state index >= 15 is 0 Å². The summed E-state index contributed by atoms with van der Waals surface area (Å²) in [5.41, 5.74) is 6.52. The highest BCUT2D eigenvalue weighted by molar-refractivity contribution is 6.33. The third-order valence-corrected chi connectivity index (χ3v) is 2.52. The molecule has 1 aliphatic rings. The van der Waals surface area contributed by atoms with Crippen molar-refractivity contribution in [2.75, 3.05) is 12.3 Å². The van der Waals surface area contributed by atoms with Crippen molar-refractivity contribution in [3.8, 4) is 0 Å². The smallest absolute Gasteiger partial charge is 0.227 e. The Hall–Kier alpha value is -1.48. The Morgan fingerprint density at radius 1 is 1.47 bits per heavy atom. The largest absolute Gasteiger partial charge is 0.489 e. The summed E-state index contributed by atoms with van der Waals surface area (Å²) in [4.78, 5) is 11.8. The fourth-order valence-electron chi connectivity index (χ4n) is 1.39. The fourth-order valence-corrected chi connectivity index (χ4v) is 1.57. The van der Waals surface area contributed by atoms with E-state index in [0.29, 0.717) is 28.6 Å². The average molecular weight is 224 g/mol. The van der Waals surface area contributed by atoms with Crippen LogP contribution in [-0.2, 0) is 4.74 Å². The van der Waals surface area contributed by atoms with Gasteiger partial charge in [0.05, 0.1) is 17.3 Å². The van der Waals surface area contributed by atoms with E-state index < -0.39 is 0 Å². The highest BCUT2D eigenvalue weighted by atomic mass is 35.5. The van der Waals surface area contributed by atoms with Gasteiger partial charge < -0.3 is 10.5 Å². The number of ether oxygens (including phenoxy) is 1. The van der Waals surface area contributed by atoms with Gasteiger partial charge in [-0.2, -0.15) is 0 Å². The molecule has 0 fully saturated rings. The van der Waals surface area contributed by atoms with Crippen LogP contribution in [0, 0.1) is 0 Å². The number of nitrogen functional groups attached to an aromatic ring is 1. The van der Waals surface area contributed by atoms with Crippen molar-refractivity contribution < 1.29 is 9.53 Å².